The summed E-state index contributed by atoms with van der Waals surface area (Å²) in [5, 5.41) is 20.2. The van der Waals surface area contributed by atoms with E-state index in [1.54, 1.807) is 22.9 Å². The van der Waals surface area contributed by atoms with Gasteiger partial charge >= 0.3 is 0 Å². The zero-order valence-electron chi connectivity index (χ0n) is 15.8. The van der Waals surface area contributed by atoms with Crippen LogP contribution in [0.25, 0.3) is 5.41 Å². The first-order chi connectivity index (χ1) is 12.4. The number of nitrogens with one attached hydrogen (secondary N) is 2. The van der Waals surface area contributed by atoms with E-state index in [1.165, 1.54) is 19.6 Å². The highest BCUT2D eigenvalue weighted by atomic mass is 16.2. The van der Waals surface area contributed by atoms with Crippen LogP contribution in [0, 0.1) is 24.2 Å². The van der Waals surface area contributed by atoms with E-state index in [0.29, 0.717) is 5.56 Å². The Morgan fingerprint density at radius 3 is 2.04 bits per heavy atom. The van der Waals surface area contributed by atoms with Gasteiger partial charge in [-0.05, 0) is 33.3 Å². The number of piperidine rings is 1. The molecule has 0 radical (unpaired) electrons. The lowest BCUT2D eigenvalue weighted by atomic mass is 9.78. The number of benzene rings is 1. The van der Waals surface area contributed by atoms with Gasteiger partial charge in [-0.15, -0.1) is 0 Å². The van der Waals surface area contributed by atoms with Gasteiger partial charge in [0, 0.05) is 11.5 Å². The Hall–Kier alpha value is -2.74. The lowest BCUT2D eigenvalue weighted by Gasteiger charge is -2.28. The standard InChI is InChI=1S/C14H10N3O2.C6H15N/c1-8-2-4-9(5-3-8)12-10(6-15)13(18)17-14(19)11(12)7-16;1-4-7(5-2)6-3/h2-5,10,12H,1H3,(H,17,18,19);4-6H2,1-3H3/q-1;/p+1. The van der Waals surface area contributed by atoms with Crippen LogP contribution in [0.3, 0.4) is 0 Å². The van der Waals surface area contributed by atoms with Gasteiger partial charge in [-0.3, -0.25) is 20.8 Å². The topological polar surface area (TPSA) is 96.7 Å². The summed E-state index contributed by atoms with van der Waals surface area (Å²) in [6.07, 6.45) is 0. The van der Waals surface area contributed by atoms with Gasteiger partial charge in [-0.2, -0.15) is 5.26 Å². The van der Waals surface area contributed by atoms with Gasteiger partial charge in [-0.1, -0.05) is 29.8 Å². The van der Waals surface area contributed by atoms with Gasteiger partial charge in [0.2, 0.25) is 5.91 Å². The zero-order chi connectivity index (χ0) is 19.7. The fourth-order valence-electron chi connectivity index (χ4n) is 2.85. The monoisotopic (exact) mass is 354 g/mol. The predicted octanol–water partition coefficient (Wildman–Crippen LogP) is 0.971. The van der Waals surface area contributed by atoms with Gasteiger partial charge in [0.25, 0.3) is 5.91 Å². The highest BCUT2D eigenvalue weighted by Crippen LogP contribution is 2.34. The van der Waals surface area contributed by atoms with E-state index in [0.717, 1.165) is 5.56 Å². The van der Waals surface area contributed by atoms with E-state index in [4.69, 9.17) is 10.7 Å². The van der Waals surface area contributed by atoms with E-state index < -0.39 is 23.7 Å². The van der Waals surface area contributed by atoms with Crippen molar-refractivity contribution >= 4 is 17.7 Å². The lowest BCUT2D eigenvalue weighted by Crippen LogP contribution is -3.11. The van der Waals surface area contributed by atoms with Crippen molar-refractivity contribution in [3.63, 3.8) is 0 Å². The van der Waals surface area contributed by atoms with Crippen molar-refractivity contribution in [3.8, 4) is 6.07 Å². The molecule has 26 heavy (non-hydrogen) atoms. The van der Waals surface area contributed by atoms with Gasteiger partial charge in [-0.25, -0.2) is 0 Å². The number of amides is 2. The molecule has 0 aromatic heterocycles. The van der Waals surface area contributed by atoms with Crippen LogP contribution in [0.5, 0.6) is 0 Å². The van der Waals surface area contributed by atoms with Gasteiger partial charge in [0.1, 0.15) is 5.92 Å². The molecule has 0 bridgehead atoms. The second kappa shape index (κ2) is 10.3. The molecule has 1 aromatic carbocycles. The molecule has 1 aliphatic rings. The molecule has 2 atom stereocenters. The van der Waals surface area contributed by atoms with E-state index in [-0.39, 0.29) is 5.57 Å². The van der Waals surface area contributed by atoms with Gasteiger partial charge in [0.05, 0.1) is 25.7 Å². The molecule has 1 saturated heterocycles. The van der Waals surface area contributed by atoms with Crippen LogP contribution in [-0.4, -0.2) is 37.3 Å². The first kappa shape index (κ1) is 21.3. The second-order valence-electron chi connectivity index (χ2n) is 6.15. The zero-order valence-corrected chi connectivity index (χ0v) is 15.8. The molecule has 2 amide bonds. The summed E-state index contributed by atoms with van der Waals surface area (Å²) in [7, 11) is 0. The average molecular weight is 354 g/mol. The number of quaternary nitrogens is 1. The van der Waals surface area contributed by atoms with Gasteiger partial charge < -0.3 is 10.3 Å². The molecule has 1 aromatic rings. The molecule has 1 fully saturated rings. The molecule has 2 unspecified atom stereocenters. The van der Waals surface area contributed by atoms with Crippen LogP contribution in [0.1, 0.15) is 37.8 Å². The summed E-state index contributed by atoms with van der Waals surface area (Å²) in [5.41, 5.74) is 1.54. The minimum Gasteiger partial charge on any atom is -0.763 e. The van der Waals surface area contributed by atoms with Crippen molar-refractivity contribution in [1.29, 1.82) is 5.26 Å². The number of nitrogens with zero attached hydrogens (tertiary/aromatic N) is 2. The van der Waals surface area contributed by atoms with Crippen molar-refractivity contribution in [2.45, 2.75) is 33.6 Å². The highest BCUT2D eigenvalue weighted by molar-refractivity contribution is 6.14. The van der Waals surface area contributed by atoms with Crippen LogP contribution in [-0.2, 0) is 9.59 Å². The molecule has 0 aliphatic carbocycles. The minimum atomic E-state index is -1.06. The summed E-state index contributed by atoms with van der Waals surface area (Å²) in [5.74, 6) is -1.43. The Bertz CT molecular complexity index is 718. The number of carbonyl (C=O) groups is 2. The molecule has 2 rings (SSSR count). The van der Waals surface area contributed by atoms with E-state index in [2.05, 4.69) is 20.8 Å². The molecule has 1 heterocycles. The van der Waals surface area contributed by atoms with Crippen LogP contribution in [0.2, 0.25) is 0 Å². The summed E-state index contributed by atoms with van der Waals surface area (Å²) >= 11 is 0. The van der Waals surface area contributed by atoms with Crippen molar-refractivity contribution in [2.75, 3.05) is 19.6 Å². The SMILES string of the molecule is CC[NH+](CC)CC.Cc1ccc(C2C(=C=[N-])C(=O)NC(=O)C2C#N)cc1. The van der Waals surface area contributed by atoms with Crippen molar-refractivity contribution in [3.05, 3.63) is 46.4 Å². The Labute approximate surface area is 155 Å². The van der Waals surface area contributed by atoms with Gasteiger partial charge in [0.15, 0.2) is 0 Å². The second-order valence-corrected chi connectivity index (χ2v) is 6.15. The Morgan fingerprint density at radius 1 is 1.12 bits per heavy atom. The number of imide groups is 1. The normalized spacial score (nSPS) is 19.2. The third-order valence-corrected chi connectivity index (χ3v) is 4.60. The third-order valence-electron chi connectivity index (χ3n) is 4.60. The number of hydrogen-bond acceptors (Lipinski definition) is 3. The number of nitriles is 1. The molecule has 0 saturated carbocycles. The fourth-order valence-corrected chi connectivity index (χ4v) is 2.85. The molecular weight excluding hydrogens is 328 g/mol. The smallest absolute Gasteiger partial charge is 0.260 e. The number of hydrogen-bond donors (Lipinski definition) is 2. The molecule has 138 valence electrons. The maximum Gasteiger partial charge on any atom is 0.260 e. The summed E-state index contributed by atoms with van der Waals surface area (Å²) in [6.45, 7) is 12.4. The summed E-state index contributed by atoms with van der Waals surface area (Å²) < 4.78 is 0. The maximum absolute atomic E-state index is 11.7. The largest absolute Gasteiger partial charge is 0.763 e. The van der Waals surface area contributed by atoms with E-state index in [1.807, 2.05) is 30.4 Å². The minimum absolute atomic E-state index is 0.102. The Morgan fingerprint density at radius 2 is 1.65 bits per heavy atom. The summed E-state index contributed by atoms with van der Waals surface area (Å²) in [6, 6.07) is 8.96. The molecule has 0 spiro atoms. The van der Waals surface area contributed by atoms with Crippen LogP contribution < -0.4 is 10.2 Å². The number of rotatable bonds is 4. The molecule has 6 heteroatoms. The highest BCUT2D eigenvalue weighted by Gasteiger charge is 2.40. The van der Waals surface area contributed by atoms with Crippen LogP contribution in [0.15, 0.2) is 29.8 Å². The van der Waals surface area contributed by atoms with Crippen molar-refractivity contribution < 1.29 is 14.5 Å². The average Bonchev–Trinajstić information content (AvgIpc) is 2.64. The predicted molar refractivity (Wildman–Crippen MR) is 101 cm³/mol. The lowest BCUT2D eigenvalue weighted by molar-refractivity contribution is -0.894. The van der Waals surface area contributed by atoms with E-state index >= 15 is 0 Å². The number of carbonyl (C=O) groups excluding carboxylic acids is 2. The molecular formula is C20H26N4O2. The maximum atomic E-state index is 11.7. The van der Waals surface area contributed by atoms with Crippen LogP contribution in [0.4, 0.5) is 0 Å². The molecule has 6 nitrogen and oxygen atoms in total. The first-order valence-electron chi connectivity index (χ1n) is 8.85. The first-order valence-corrected chi connectivity index (χ1v) is 8.85. The Balaban J connectivity index is 0.000000412. The molecule has 2 N–H and O–H groups in total. The fraction of sp³-hybridized carbons (Fsp3) is 0.450. The van der Waals surface area contributed by atoms with Crippen molar-refractivity contribution in [1.82, 2.24) is 5.32 Å². The van der Waals surface area contributed by atoms with Crippen molar-refractivity contribution in [2.24, 2.45) is 5.92 Å². The summed E-state index contributed by atoms with van der Waals surface area (Å²) in [4.78, 5) is 25.0. The molecule has 1 aliphatic heterocycles. The van der Waals surface area contributed by atoms with Crippen LogP contribution >= 0.6 is 0 Å². The third kappa shape index (κ3) is 5.13. The quantitative estimate of drug-likeness (QED) is 0.479. The Kier molecular flexibility index (Phi) is 8.44. The van der Waals surface area contributed by atoms with E-state index in [9.17, 15) is 9.59 Å². The number of aryl methyl sites for hydroxylation is 1.